The molecule has 0 saturated carbocycles. The highest BCUT2D eigenvalue weighted by molar-refractivity contribution is 5.93. The predicted molar refractivity (Wildman–Crippen MR) is 232 cm³/mol. The summed E-state index contributed by atoms with van der Waals surface area (Å²) in [4.78, 5) is 14.1. The summed E-state index contributed by atoms with van der Waals surface area (Å²) in [6.07, 6.45) is 15.9. The Balaban J connectivity index is 1.10. The van der Waals surface area contributed by atoms with Crippen LogP contribution in [0.2, 0.25) is 0 Å². The van der Waals surface area contributed by atoms with E-state index in [9.17, 15) is 10.5 Å². The average molecular weight is 745 g/mol. The fourth-order valence-corrected chi connectivity index (χ4v) is 8.92. The Bertz CT molecular complexity index is 2850. The molecule has 7 aromatic rings. The van der Waals surface area contributed by atoms with Crippen LogP contribution in [0.3, 0.4) is 0 Å². The highest BCUT2D eigenvalue weighted by atomic mass is 15.2. The van der Waals surface area contributed by atoms with Gasteiger partial charge in [0, 0.05) is 29.8 Å². The lowest BCUT2D eigenvalue weighted by Crippen LogP contribution is -2.38. The third kappa shape index (κ3) is 5.96. The highest BCUT2D eigenvalue weighted by Gasteiger charge is 2.40. The zero-order valence-electron chi connectivity index (χ0n) is 31.5. The molecule has 0 saturated heterocycles. The molecule has 6 heteroatoms. The van der Waals surface area contributed by atoms with E-state index in [4.69, 9.17) is 9.97 Å². The lowest BCUT2D eigenvalue weighted by molar-refractivity contribution is 0.647. The molecule has 3 unspecified atom stereocenters. The van der Waals surface area contributed by atoms with Crippen LogP contribution in [0.25, 0.3) is 34.0 Å². The van der Waals surface area contributed by atoms with Crippen molar-refractivity contribution >= 4 is 34.8 Å². The zero-order valence-corrected chi connectivity index (χ0v) is 31.5. The Morgan fingerprint density at radius 1 is 0.552 bits per heavy atom. The quantitative estimate of drug-likeness (QED) is 0.144. The van der Waals surface area contributed by atoms with E-state index in [-0.39, 0.29) is 17.9 Å². The summed E-state index contributed by atoms with van der Waals surface area (Å²) >= 11 is 0. The molecule has 6 nitrogen and oxygen atoms in total. The van der Waals surface area contributed by atoms with Crippen LogP contribution >= 0.6 is 0 Å². The molecular formula is C52H36N6. The number of allylic oxidation sites excluding steroid dienone is 2. The molecule has 0 N–H and O–H groups in total. The molecule has 0 spiro atoms. The average Bonchev–Trinajstić information content (AvgIpc) is 3.30. The molecule has 5 aromatic carbocycles. The Kier molecular flexibility index (Phi) is 8.78. The van der Waals surface area contributed by atoms with Gasteiger partial charge in [-0.25, -0.2) is 9.97 Å². The zero-order chi connectivity index (χ0) is 39.0. The van der Waals surface area contributed by atoms with Crippen LogP contribution in [0.15, 0.2) is 182 Å². The third-order valence-electron chi connectivity index (χ3n) is 11.5. The van der Waals surface area contributed by atoms with E-state index >= 15 is 0 Å². The van der Waals surface area contributed by atoms with Gasteiger partial charge < -0.3 is 4.90 Å². The van der Waals surface area contributed by atoms with E-state index in [1.165, 1.54) is 16.7 Å². The number of nitriles is 2. The smallest absolute Gasteiger partial charge is 0.137 e. The van der Waals surface area contributed by atoms with Crippen molar-refractivity contribution in [3.05, 3.63) is 216 Å². The Hall–Kier alpha value is -7.80. The first-order chi connectivity index (χ1) is 28.7. The predicted octanol–water partition coefficient (Wildman–Crippen LogP) is 12.1. The number of anilines is 4. The van der Waals surface area contributed by atoms with Crippen molar-refractivity contribution < 1.29 is 0 Å². The lowest BCUT2D eigenvalue weighted by atomic mass is 9.69. The number of pyridine rings is 2. The first-order valence-corrected chi connectivity index (χ1v) is 19.5. The Morgan fingerprint density at radius 3 is 1.81 bits per heavy atom. The monoisotopic (exact) mass is 744 g/mol. The minimum absolute atomic E-state index is 0.0315. The number of rotatable bonds is 8. The SMILES string of the molecule is N#Cc1cc(-c2ccccc2)ccc1N(C1=CCC2C=CC3c4c(ccc1c42)C=CC3N(c1ccccn1)c1ccc(-c2ccccc2)cc1C#N)c1ccccn1. The third-order valence-corrected chi connectivity index (χ3v) is 11.5. The molecule has 0 radical (unpaired) electrons. The van der Waals surface area contributed by atoms with Gasteiger partial charge in [-0.3, -0.25) is 4.90 Å². The molecule has 3 atom stereocenters. The molecule has 0 fully saturated rings. The summed E-state index contributed by atoms with van der Waals surface area (Å²) in [5.41, 5.74) is 12.7. The molecule has 0 amide bonds. The van der Waals surface area contributed by atoms with E-state index in [1.54, 1.807) is 6.20 Å². The van der Waals surface area contributed by atoms with Crippen LogP contribution in [-0.4, -0.2) is 16.0 Å². The van der Waals surface area contributed by atoms with Crippen molar-refractivity contribution in [2.24, 2.45) is 0 Å². The van der Waals surface area contributed by atoms with Crippen LogP contribution in [0.5, 0.6) is 0 Å². The molecule has 0 bridgehead atoms. The maximum absolute atomic E-state index is 10.6. The molecule has 0 aliphatic heterocycles. The van der Waals surface area contributed by atoms with Crippen molar-refractivity contribution in [1.82, 2.24) is 9.97 Å². The van der Waals surface area contributed by atoms with Crippen molar-refractivity contribution in [2.75, 3.05) is 9.80 Å². The number of hydrogen-bond donors (Lipinski definition) is 0. The fourth-order valence-electron chi connectivity index (χ4n) is 8.92. The number of benzene rings is 5. The first-order valence-electron chi connectivity index (χ1n) is 19.5. The van der Waals surface area contributed by atoms with E-state index in [2.05, 4.69) is 113 Å². The van der Waals surface area contributed by atoms with Gasteiger partial charge in [-0.2, -0.15) is 10.5 Å². The molecule has 2 aromatic heterocycles. The molecule has 58 heavy (non-hydrogen) atoms. The first kappa shape index (κ1) is 34.7. The molecule has 10 rings (SSSR count). The summed E-state index contributed by atoms with van der Waals surface area (Å²) in [7, 11) is 0. The molecule has 3 aliphatic rings. The topological polar surface area (TPSA) is 79.8 Å². The second-order valence-electron chi connectivity index (χ2n) is 14.7. The minimum Gasteiger partial charge on any atom is -0.317 e. The van der Waals surface area contributed by atoms with E-state index in [0.717, 1.165) is 62.9 Å². The Morgan fingerprint density at radius 2 is 1.17 bits per heavy atom. The van der Waals surface area contributed by atoms with Crippen LogP contribution in [0.4, 0.5) is 23.0 Å². The van der Waals surface area contributed by atoms with E-state index in [1.807, 2.05) is 91.1 Å². The van der Waals surface area contributed by atoms with E-state index < -0.39 is 0 Å². The summed E-state index contributed by atoms with van der Waals surface area (Å²) in [6, 6.07) is 53.8. The van der Waals surface area contributed by atoms with Gasteiger partial charge in [0.2, 0.25) is 0 Å². The van der Waals surface area contributed by atoms with Crippen LogP contribution in [-0.2, 0) is 0 Å². The van der Waals surface area contributed by atoms with Crippen molar-refractivity contribution in [1.29, 1.82) is 10.5 Å². The van der Waals surface area contributed by atoms with Crippen molar-refractivity contribution in [3.63, 3.8) is 0 Å². The Labute approximate surface area is 338 Å². The van der Waals surface area contributed by atoms with Crippen LogP contribution in [0, 0.1) is 22.7 Å². The number of nitrogens with zero attached hydrogens (tertiary/aromatic N) is 6. The van der Waals surface area contributed by atoms with Crippen molar-refractivity contribution in [3.8, 4) is 34.4 Å². The molecule has 3 aliphatic carbocycles. The minimum atomic E-state index is -0.169. The van der Waals surface area contributed by atoms with Gasteiger partial charge in [0.15, 0.2) is 0 Å². The molecule has 274 valence electrons. The fraction of sp³-hybridized carbons (Fsp3) is 0.0769. The largest absolute Gasteiger partial charge is 0.317 e. The van der Waals surface area contributed by atoms with Gasteiger partial charge in [-0.1, -0.05) is 127 Å². The van der Waals surface area contributed by atoms with Gasteiger partial charge in [0.05, 0.1) is 34.2 Å². The van der Waals surface area contributed by atoms with Gasteiger partial charge in [-0.15, -0.1) is 0 Å². The van der Waals surface area contributed by atoms with Crippen LogP contribution in [0.1, 0.15) is 51.6 Å². The summed E-state index contributed by atoms with van der Waals surface area (Å²) in [5.74, 6) is 1.67. The standard InChI is InChI=1S/C52H36N6/c53-33-41-31-39(35-11-3-1-4-12-35)21-25-45(41)57(49-15-7-9-29-55-49)47-27-19-37-18-24-44-48(28-20-38-17-23-43(47)51(37)52(38)44)58(50-16-8-10-30-56-50)46-26-22-40(32-42(46)34-54)36-13-5-2-6-14-36/h1-19,21-32,38,43,47H,20H2. The molecular weight excluding hydrogens is 709 g/mol. The van der Waals surface area contributed by atoms with Gasteiger partial charge in [0.25, 0.3) is 0 Å². The summed E-state index contributed by atoms with van der Waals surface area (Å²) < 4.78 is 0. The summed E-state index contributed by atoms with van der Waals surface area (Å²) in [5, 5.41) is 21.3. The van der Waals surface area contributed by atoms with Crippen molar-refractivity contribution in [2.45, 2.75) is 24.3 Å². The number of hydrogen-bond acceptors (Lipinski definition) is 6. The number of aromatic nitrogens is 2. The second-order valence-corrected chi connectivity index (χ2v) is 14.7. The highest BCUT2D eigenvalue weighted by Crippen LogP contribution is 2.52. The lowest BCUT2D eigenvalue weighted by Gasteiger charge is -2.43. The van der Waals surface area contributed by atoms with Crippen LogP contribution < -0.4 is 9.80 Å². The van der Waals surface area contributed by atoms with Gasteiger partial charge >= 0.3 is 0 Å². The second kappa shape index (κ2) is 14.7. The molecule has 2 heterocycles. The van der Waals surface area contributed by atoms with Gasteiger partial charge in [-0.05, 0) is 93.9 Å². The van der Waals surface area contributed by atoms with Gasteiger partial charge in [0.1, 0.15) is 23.8 Å². The normalized spacial score (nSPS) is 17.0. The van der Waals surface area contributed by atoms with E-state index in [0.29, 0.717) is 11.1 Å². The summed E-state index contributed by atoms with van der Waals surface area (Å²) in [6.45, 7) is 0. The maximum atomic E-state index is 10.6. The maximum Gasteiger partial charge on any atom is 0.137 e.